The molecular weight excluding hydrogens is 312 g/mol. The van der Waals surface area contributed by atoms with E-state index >= 15 is 0 Å². The fourth-order valence-corrected chi connectivity index (χ4v) is 3.63. The molecule has 2 aromatic rings. The van der Waals surface area contributed by atoms with Crippen LogP contribution in [0, 0.1) is 5.92 Å². The summed E-state index contributed by atoms with van der Waals surface area (Å²) >= 11 is 1.63. The van der Waals surface area contributed by atoms with Crippen LogP contribution < -0.4 is 0 Å². The number of amides is 1. The van der Waals surface area contributed by atoms with Crippen LogP contribution >= 0.6 is 11.3 Å². The van der Waals surface area contributed by atoms with Gasteiger partial charge >= 0.3 is 0 Å². The highest BCUT2D eigenvalue weighted by atomic mass is 32.1. The number of carbonyl (C=O) groups excluding carboxylic acids is 1. The molecule has 7 heteroatoms. The van der Waals surface area contributed by atoms with Gasteiger partial charge in [0.2, 0.25) is 5.91 Å². The molecule has 0 unspecified atom stereocenters. The molecule has 1 saturated heterocycles. The number of aliphatic hydroxyl groups is 1. The predicted molar refractivity (Wildman–Crippen MR) is 88.1 cm³/mol. The van der Waals surface area contributed by atoms with E-state index in [9.17, 15) is 4.79 Å². The SMILES string of the molecule is O=C(Cc1ccsc1)N1CCC(Cn2cc(CCO)nn2)CC1. The van der Waals surface area contributed by atoms with Gasteiger partial charge in [0.05, 0.1) is 12.1 Å². The van der Waals surface area contributed by atoms with Gasteiger partial charge in [-0.25, -0.2) is 0 Å². The van der Waals surface area contributed by atoms with E-state index in [1.165, 1.54) is 0 Å². The predicted octanol–water partition coefficient (Wildman–Crippen LogP) is 1.36. The molecular formula is C16H22N4O2S. The van der Waals surface area contributed by atoms with Crippen molar-refractivity contribution in [2.75, 3.05) is 19.7 Å². The van der Waals surface area contributed by atoms with E-state index < -0.39 is 0 Å². The van der Waals surface area contributed by atoms with Gasteiger partial charge in [-0.3, -0.25) is 9.48 Å². The molecule has 0 spiro atoms. The molecule has 1 aliphatic rings. The first-order valence-electron chi connectivity index (χ1n) is 8.03. The number of thiophene rings is 1. The molecule has 1 amide bonds. The normalized spacial score (nSPS) is 16.0. The van der Waals surface area contributed by atoms with E-state index in [0.29, 0.717) is 18.8 Å². The van der Waals surface area contributed by atoms with E-state index in [2.05, 4.69) is 10.3 Å². The second kappa shape index (κ2) is 7.70. The van der Waals surface area contributed by atoms with Crippen molar-refractivity contribution < 1.29 is 9.90 Å². The van der Waals surface area contributed by atoms with Gasteiger partial charge in [0.25, 0.3) is 0 Å². The minimum atomic E-state index is 0.101. The van der Waals surface area contributed by atoms with Crippen molar-refractivity contribution in [1.29, 1.82) is 0 Å². The smallest absolute Gasteiger partial charge is 0.227 e. The first kappa shape index (κ1) is 16.1. The first-order valence-corrected chi connectivity index (χ1v) is 8.97. The highest BCUT2D eigenvalue weighted by Crippen LogP contribution is 2.20. The molecule has 23 heavy (non-hydrogen) atoms. The molecule has 1 N–H and O–H groups in total. The van der Waals surface area contributed by atoms with Crippen LogP contribution in [-0.2, 0) is 24.2 Å². The van der Waals surface area contributed by atoms with Crippen molar-refractivity contribution in [2.24, 2.45) is 5.92 Å². The minimum absolute atomic E-state index is 0.101. The maximum absolute atomic E-state index is 12.3. The van der Waals surface area contributed by atoms with Crippen molar-refractivity contribution in [1.82, 2.24) is 19.9 Å². The zero-order chi connectivity index (χ0) is 16.1. The Bertz CT molecular complexity index is 618. The summed E-state index contributed by atoms with van der Waals surface area (Å²) in [5.74, 6) is 0.761. The van der Waals surface area contributed by atoms with Gasteiger partial charge < -0.3 is 10.0 Å². The number of rotatable bonds is 6. The number of aromatic nitrogens is 3. The largest absolute Gasteiger partial charge is 0.396 e. The van der Waals surface area contributed by atoms with Crippen molar-refractivity contribution in [3.05, 3.63) is 34.3 Å². The number of hydrogen-bond acceptors (Lipinski definition) is 5. The van der Waals surface area contributed by atoms with Gasteiger partial charge in [0, 0.05) is 38.9 Å². The van der Waals surface area contributed by atoms with Gasteiger partial charge in [0.15, 0.2) is 0 Å². The molecule has 3 heterocycles. The van der Waals surface area contributed by atoms with Crippen LogP contribution in [-0.4, -0.2) is 50.6 Å². The van der Waals surface area contributed by atoms with Crippen LogP contribution in [0.15, 0.2) is 23.0 Å². The molecule has 0 bridgehead atoms. The maximum atomic E-state index is 12.3. The Hall–Kier alpha value is -1.73. The van der Waals surface area contributed by atoms with E-state index in [4.69, 9.17) is 5.11 Å². The Morgan fingerprint density at radius 1 is 1.39 bits per heavy atom. The average molecular weight is 334 g/mol. The summed E-state index contributed by atoms with van der Waals surface area (Å²) in [6.45, 7) is 2.59. The van der Waals surface area contributed by atoms with Crippen LogP contribution in [0.2, 0.25) is 0 Å². The van der Waals surface area contributed by atoms with Gasteiger partial charge in [-0.1, -0.05) is 5.21 Å². The first-order chi connectivity index (χ1) is 11.2. The summed E-state index contributed by atoms with van der Waals surface area (Å²) < 4.78 is 1.86. The lowest BCUT2D eigenvalue weighted by molar-refractivity contribution is -0.131. The third-order valence-corrected chi connectivity index (χ3v) is 5.03. The monoisotopic (exact) mass is 334 g/mol. The van der Waals surface area contributed by atoms with E-state index in [1.54, 1.807) is 11.3 Å². The second-order valence-electron chi connectivity index (χ2n) is 6.04. The van der Waals surface area contributed by atoms with Gasteiger partial charge in [-0.15, -0.1) is 5.10 Å². The van der Waals surface area contributed by atoms with Crippen molar-refractivity contribution >= 4 is 17.2 Å². The molecule has 1 fully saturated rings. The summed E-state index contributed by atoms with van der Waals surface area (Å²) in [5, 5.41) is 21.1. The summed E-state index contributed by atoms with van der Waals surface area (Å²) in [4.78, 5) is 14.3. The molecule has 0 saturated carbocycles. The van der Waals surface area contributed by atoms with E-state index in [0.717, 1.165) is 43.7 Å². The summed E-state index contributed by atoms with van der Waals surface area (Å²) in [5.41, 5.74) is 1.94. The molecule has 0 radical (unpaired) electrons. The average Bonchev–Trinajstić information content (AvgIpc) is 3.21. The third kappa shape index (κ3) is 4.39. The summed E-state index contributed by atoms with van der Waals surface area (Å²) in [6, 6.07) is 2.02. The number of carbonyl (C=O) groups is 1. The number of piperidine rings is 1. The number of aliphatic hydroxyl groups excluding tert-OH is 1. The van der Waals surface area contributed by atoms with Crippen molar-refractivity contribution in [3.63, 3.8) is 0 Å². The van der Waals surface area contributed by atoms with Crippen LogP contribution in [0.3, 0.4) is 0 Å². The van der Waals surface area contributed by atoms with Gasteiger partial charge in [0.1, 0.15) is 0 Å². The molecule has 6 nitrogen and oxygen atoms in total. The van der Waals surface area contributed by atoms with Crippen LogP contribution in [0.5, 0.6) is 0 Å². The Labute approximate surface area is 139 Å². The maximum Gasteiger partial charge on any atom is 0.227 e. The number of likely N-dealkylation sites (tertiary alicyclic amines) is 1. The molecule has 3 rings (SSSR count). The second-order valence-corrected chi connectivity index (χ2v) is 6.82. The van der Waals surface area contributed by atoms with Crippen LogP contribution in [0.4, 0.5) is 0 Å². The fourth-order valence-electron chi connectivity index (χ4n) is 2.97. The Balaban J connectivity index is 1.45. The third-order valence-electron chi connectivity index (χ3n) is 4.30. The molecule has 0 aromatic carbocycles. The minimum Gasteiger partial charge on any atom is -0.396 e. The lowest BCUT2D eigenvalue weighted by Crippen LogP contribution is -2.40. The fraction of sp³-hybridized carbons (Fsp3) is 0.562. The lowest BCUT2D eigenvalue weighted by Gasteiger charge is -2.32. The molecule has 2 aromatic heterocycles. The van der Waals surface area contributed by atoms with Crippen LogP contribution in [0.25, 0.3) is 0 Å². The molecule has 124 valence electrons. The van der Waals surface area contributed by atoms with Gasteiger partial charge in [-0.2, -0.15) is 11.3 Å². The number of nitrogens with zero attached hydrogens (tertiary/aromatic N) is 4. The zero-order valence-corrected chi connectivity index (χ0v) is 13.9. The summed E-state index contributed by atoms with van der Waals surface area (Å²) in [6.07, 6.45) is 4.98. The zero-order valence-electron chi connectivity index (χ0n) is 13.1. The Kier molecular flexibility index (Phi) is 5.40. The topological polar surface area (TPSA) is 71.2 Å². The van der Waals surface area contributed by atoms with Crippen molar-refractivity contribution in [3.8, 4) is 0 Å². The van der Waals surface area contributed by atoms with Crippen LogP contribution in [0.1, 0.15) is 24.1 Å². The Morgan fingerprint density at radius 2 is 2.22 bits per heavy atom. The molecule has 0 aliphatic carbocycles. The van der Waals surface area contributed by atoms with Gasteiger partial charge in [-0.05, 0) is 41.1 Å². The molecule has 0 atom stereocenters. The quantitative estimate of drug-likeness (QED) is 0.866. The highest BCUT2D eigenvalue weighted by molar-refractivity contribution is 7.07. The van der Waals surface area contributed by atoms with E-state index in [-0.39, 0.29) is 12.5 Å². The highest BCUT2D eigenvalue weighted by Gasteiger charge is 2.23. The van der Waals surface area contributed by atoms with E-state index in [1.807, 2.05) is 32.6 Å². The summed E-state index contributed by atoms with van der Waals surface area (Å²) in [7, 11) is 0. The van der Waals surface area contributed by atoms with Crippen molar-refractivity contribution in [2.45, 2.75) is 32.2 Å². The number of hydrogen-bond donors (Lipinski definition) is 1. The molecule has 1 aliphatic heterocycles. The lowest BCUT2D eigenvalue weighted by atomic mass is 9.96. The Morgan fingerprint density at radius 3 is 2.91 bits per heavy atom. The standard InChI is InChI=1S/C16H22N4O2S/c21-7-3-15-11-20(18-17-15)10-13-1-5-19(6-2-13)16(22)9-14-4-8-23-12-14/h4,8,11-13,21H,1-3,5-7,9-10H2.